The van der Waals surface area contributed by atoms with Crippen LogP contribution in [0.5, 0.6) is 0 Å². The molecule has 0 aliphatic carbocycles. The second-order valence-corrected chi connectivity index (χ2v) is 9.19. The third-order valence-corrected chi connectivity index (χ3v) is 6.33. The minimum Gasteiger partial charge on any atom is -0.339 e. The average molecular weight is 459 g/mol. The highest BCUT2D eigenvalue weighted by Crippen LogP contribution is 2.25. The van der Waals surface area contributed by atoms with Crippen LogP contribution in [0.15, 0.2) is 54.6 Å². The van der Waals surface area contributed by atoms with Gasteiger partial charge in [-0.05, 0) is 62.9 Å². The van der Waals surface area contributed by atoms with Crippen LogP contribution < -0.4 is 0 Å². The summed E-state index contributed by atoms with van der Waals surface area (Å²) in [6.07, 6.45) is 1.70. The predicted octanol–water partition coefficient (Wildman–Crippen LogP) is 5.87. The molecule has 1 aliphatic heterocycles. The second kappa shape index (κ2) is 10.3. The fraction of sp³-hybridized carbons (Fsp3) is 0.360. The van der Waals surface area contributed by atoms with E-state index in [1.165, 1.54) is 0 Å². The number of aryl methyl sites for hydroxylation is 1. The third kappa shape index (κ3) is 6.11. The van der Waals surface area contributed by atoms with E-state index in [-0.39, 0.29) is 11.8 Å². The number of likely N-dealkylation sites (tertiary alicyclic amines) is 1. The van der Waals surface area contributed by atoms with Crippen LogP contribution in [0.2, 0.25) is 10.0 Å². The number of hydrogen-bond acceptors (Lipinski definition) is 2. The van der Waals surface area contributed by atoms with Gasteiger partial charge >= 0.3 is 0 Å². The Morgan fingerprint density at radius 1 is 1.03 bits per heavy atom. The van der Waals surface area contributed by atoms with Crippen LogP contribution in [0, 0.1) is 12.8 Å². The van der Waals surface area contributed by atoms with Gasteiger partial charge in [0, 0.05) is 37.3 Å². The maximum atomic E-state index is 13.1. The van der Waals surface area contributed by atoms with Gasteiger partial charge in [0.2, 0.25) is 0 Å². The maximum absolute atomic E-state index is 13.1. The van der Waals surface area contributed by atoms with E-state index in [1.807, 2.05) is 47.9 Å². The molecule has 31 heavy (non-hydrogen) atoms. The normalized spacial score (nSPS) is 14.4. The molecule has 0 aromatic heterocycles. The van der Waals surface area contributed by atoms with Crippen LogP contribution in [0.1, 0.15) is 46.0 Å². The van der Waals surface area contributed by atoms with Crippen molar-refractivity contribution in [1.82, 2.24) is 9.80 Å². The van der Waals surface area contributed by atoms with Crippen LogP contribution in [-0.4, -0.2) is 47.8 Å². The number of nitrogens with zero attached hydrogens (tertiary/aromatic N) is 2. The largest absolute Gasteiger partial charge is 0.339 e. The first kappa shape index (κ1) is 23.4. The molecule has 0 spiro atoms. The van der Waals surface area contributed by atoms with Crippen molar-refractivity contribution in [3.63, 3.8) is 0 Å². The Labute approximate surface area is 194 Å². The van der Waals surface area contributed by atoms with Crippen molar-refractivity contribution < 1.29 is 9.59 Å². The Hall–Kier alpha value is -2.30. The van der Waals surface area contributed by atoms with Crippen molar-refractivity contribution in [2.75, 3.05) is 26.2 Å². The number of hydrogen-bond donors (Lipinski definition) is 0. The van der Waals surface area contributed by atoms with Crippen molar-refractivity contribution >= 4 is 35.0 Å². The molecule has 1 aliphatic rings. The zero-order valence-corrected chi connectivity index (χ0v) is 19.5. The number of benzene rings is 2. The van der Waals surface area contributed by atoms with Crippen LogP contribution in [0.4, 0.5) is 0 Å². The molecule has 1 fully saturated rings. The van der Waals surface area contributed by atoms with E-state index < -0.39 is 0 Å². The van der Waals surface area contributed by atoms with Gasteiger partial charge in [0.15, 0.2) is 0 Å². The van der Waals surface area contributed by atoms with E-state index in [4.69, 9.17) is 23.2 Å². The van der Waals surface area contributed by atoms with Crippen molar-refractivity contribution in [3.8, 4) is 0 Å². The van der Waals surface area contributed by atoms with E-state index >= 15 is 0 Å². The van der Waals surface area contributed by atoms with Crippen LogP contribution >= 0.6 is 23.2 Å². The summed E-state index contributed by atoms with van der Waals surface area (Å²) in [4.78, 5) is 29.6. The molecule has 0 atom stereocenters. The molecule has 3 rings (SSSR count). The van der Waals surface area contributed by atoms with Gasteiger partial charge in [-0.1, -0.05) is 53.1 Å². The number of halogens is 2. The highest BCUT2D eigenvalue weighted by molar-refractivity contribution is 6.42. The smallest absolute Gasteiger partial charge is 0.254 e. The summed E-state index contributed by atoms with van der Waals surface area (Å²) in [7, 11) is 0. The molecule has 1 saturated heterocycles. The first-order chi connectivity index (χ1) is 14.7. The Morgan fingerprint density at radius 3 is 2.23 bits per heavy atom. The third-order valence-electron chi connectivity index (χ3n) is 5.59. The Balaban J connectivity index is 1.62. The molecule has 0 saturated carbocycles. The summed E-state index contributed by atoms with van der Waals surface area (Å²) < 4.78 is 0. The molecule has 0 radical (unpaired) electrons. The highest BCUT2D eigenvalue weighted by Gasteiger charge is 2.27. The van der Waals surface area contributed by atoms with Crippen molar-refractivity contribution in [2.24, 2.45) is 5.92 Å². The molecule has 0 unspecified atom stereocenters. The highest BCUT2D eigenvalue weighted by atomic mass is 35.5. The molecule has 0 bridgehead atoms. The number of carbonyl (C=O) groups excluding carboxylic acids is 2. The minimum absolute atomic E-state index is 0.0253. The standard InChI is InChI=1S/C25H28Cl2N2O2/c1-17(2)15-29(24(30)20-6-4-18(3)5-7-20)16-19-10-12-28(13-11-19)25(31)21-8-9-22(26)23(27)14-21/h4-9,14,19H,1,10-13,15-16H2,2-3H3. The van der Waals surface area contributed by atoms with Gasteiger partial charge in [-0.15, -0.1) is 0 Å². The molecule has 6 heteroatoms. The molecule has 164 valence electrons. The molecule has 0 N–H and O–H groups in total. The van der Waals surface area contributed by atoms with E-state index in [0.717, 1.165) is 24.0 Å². The van der Waals surface area contributed by atoms with Gasteiger partial charge in [-0.3, -0.25) is 9.59 Å². The average Bonchev–Trinajstić information content (AvgIpc) is 2.75. The van der Waals surface area contributed by atoms with E-state index in [0.29, 0.717) is 53.3 Å². The Bertz CT molecular complexity index is 964. The van der Waals surface area contributed by atoms with Crippen LogP contribution in [-0.2, 0) is 0 Å². The van der Waals surface area contributed by atoms with Gasteiger partial charge in [0.05, 0.1) is 10.0 Å². The Kier molecular flexibility index (Phi) is 7.79. The lowest BCUT2D eigenvalue weighted by Crippen LogP contribution is -2.43. The molecule has 2 amide bonds. The second-order valence-electron chi connectivity index (χ2n) is 8.37. The van der Waals surface area contributed by atoms with Crippen LogP contribution in [0.3, 0.4) is 0 Å². The fourth-order valence-electron chi connectivity index (χ4n) is 3.87. The number of rotatable bonds is 6. The minimum atomic E-state index is -0.0356. The van der Waals surface area contributed by atoms with Crippen molar-refractivity contribution in [2.45, 2.75) is 26.7 Å². The molecular weight excluding hydrogens is 431 g/mol. The lowest BCUT2D eigenvalue weighted by Gasteiger charge is -2.35. The van der Waals surface area contributed by atoms with Gasteiger partial charge in [0.25, 0.3) is 11.8 Å². The predicted molar refractivity (Wildman–Crippen MR) is 127 cm³/mol. The summed E-state index contributed by atoms with van der Waals surface area (Å²) in [5.74, 6) is 0.329. The summed E-state index contributed by atoms with van der Waals surface area (Å²) in [6.45, 7) is 10.4. The Morgan fingerprint density at radius 2 is 1.65 bits per heavy atom. The van der Waals surface area contributed by atoms with Crippen LogP contribution in [0.25, 0.3) is 0 Å². The molecule has 4 nitrogen and oxygen atoms in total. The zero-order valence-electron chi connectivity index (χ0n) is 18.0. The van der Waals surface area contributed by atoms with E-state index in [9.17, 15) is 9.59 Å². The summed E-state index contributed by atoms with van der Waals surface area (Å²) in [5, 5.41) is 0.820. The van der Waals surface area contributed by atoms with Crippen molar-refractivity contribution in [3.05, 3.63) is 81.4 Å². The number of piperidine rings is 1. The van der Waals surface area contributed by atoms with Gasteiger partial charge in [-0.25, -0.2) is 0 Å². The van der Waals surface area contributed by atoms with Crippen molar-refractivity contribution in [1.29, 1.82) is 0 Å². The van der Waals surface area contributed by atoms with Gasteiger partial charge in [0.1, 0.15) is 0 Å². The SMILES string of the molecule is C=C(C)CN(CC1CCN(C(=O)c2ccc(Cl)c(Cl)c2)CC1)C(=O)c1ccc(C)cc1. The first-order valence-electron chi connectivity index (χ1n) is 10.5. The lowest BCUT2D eigenvalue weighted by molar-refractivity contribution is 0.0619. The topological polar surface area (TPSA) is 40.6 Å². The summed E-state index contributed by atoms with van der Waals surface area (Å²) in [6, 6.07) is 12.6. The molecular formula is C25H28Cl2N2O2. The van der Waals surface area contributed by atoms with E-state index in [1.54, 1.807) is 18.2 Å². The number of carbonyl (C=O) groups is 2. The summed E-state index contributed by atoms with van der Waals surface area (Å²) >= 11 is 12.0. The monoisotopic (exact) mass is 458 g/mol. The molecule has 2 aromatic rings. The van der Waals surface area contributed by atoms with Gasteiger partial charge < -0.3 is 9.80 Å². The maximum Gasteiger partial charge on any atom is 0.254 e. The number of amides is 2. The van der Waals surface area contributed by atoms with Gasteiger partial charge in [-0.2, -0.15) is 0 Å². The lowest BCUT2D eigenvalue weighted by atomic mass is 9.95. The summed E-state index contributed by atoms with van der Waals surface area (Å²) in [5.41, 5.74) is 3.32. The zero-order chi connectivity index (χ0) is 22.5. The first-order valence-corrected chi connectivity index (χ1v) is 11.2. The quantitative estimate of drug-likeness (QED) is 0.507. The fourth-order valence-corrected chi connectivity index (χ4v) is 4.16. The molecule has 1 heterocycles. The molecule has 2 aromatic carbocycles. The van der Waals surface area contributed by atoms with E-state index in [2.05, 4.69) is 6.58 Å².